The second kappa shape index (κ2) is 2.24. The zero-order valence-electron chi connectivity index (χ0n) is 8.13. The molecule has 2 rings (SSSR count). The van der Waals surface area contributed by atoms with Gasteiger partial charge in [-0.25, -0.2) is 0 Å². The molecule has 0 spiro atoms. The van der Waals surface area contributed by atoms with Crippen molar-refractivity contribution in [2.45, 2.75) is 51.9 Å². The Morgan fingerprint density at radius 3 is 2.67 bits per heavy atom. The summed E-state index contributed by atoms with van der Waals surface area (Å²) in [6.07, 6.45) is 2.62. The zero-order chi connectivity index (χ0) is 8.98. The molecule has 0 aromatic carbocycles. The van der Waals surface area contributed by atoms with Crippen LogP contribution < -0.4 is 0 Å². The smallest absolute Gasteiger partial charge is 0.155 e. The van der Waals surface area contributed by atoms with Crippen LogP contribution >= 0.6 is 0 Å². The maximum absolute atomic E-state index is 9.46. The molecule has 1 aliphatic heterocycles. The van der Waals surface area contributed by atoms with Crippen molar-refractivity contribution in [2.24, 2.45) is 11.3 Å². The molecule has 2 nitrogen and oxygen atoms in total. The third-order valence-electron chi connectivity index (χ3n) is 4.34. The van der Waals surface area contributed by atoms with Crippen LogP contribution in [0.3, 0.4) is 0 Å². The normalized spacial score (nSPS) is 59.0. The lowest BCUT2D eigenvalue weighted by molar-refractivity contribution is -0.138. The molecule has 70 valence electrons. The third kappa shape index (κ3) is 0.826. The van der Waals surface area contributed by atoms with Crippen LogP contribution in [-0.2, 0) is 4.74 Å². The number of rotatable bonds is 0. The van der Waals surface area contributed by atoms with Gasteiger partial charge in [-0.15, -0.1) is 0 Å². The van der Waals surface area contributed by atoms with Crippen molar-refractivity contribution in [3.63, 3.8) is 0 Å². The van der Waals surface area contributed by atoms with Crippen molar-refractivity contribution in [1.29, 1.82) is 0 Å². The van der Waals surface area contributed by atoms with Crippen molar-refractivity contribution in [1.82, 2.24) is 0 Å². The van der Waals surface area contributed by atoms with Gasteiger partial charge < -0.3 is 9.84 Å². The Morgan fingerprint density at radius 1 is 1.42 bits per heavy atom. The Bertz CT molecular complexity index is 204. The lowest BCUT2D eigenvalue weighted by Gasteiger charge is -2.35. The molecular formula is C10H18O2. The molecule has 1 aliphatic carbocycles. The van der Waals surface area contributed by atoms with E-state index in [9.17, 15) is 5.11 Å². The average Bonchev–Trinajstić information content (AvgIpc) is 2.28. The highest BCUT2D eigenvalue weighted by atomic mass is 16.6. The minimum Gasteiger partial charge on any atom is -0.368 e. The van der Waals surface area contributed by atoms with E-state index in [0.29, 0.717) is 5.92 Å². The van der Waals surface area contributed by atoms with Gasteiger partial charge in [0, 0.05) is 11.8 Å². The van der Waals surface area contributed by atoms with Crippen LogP contribution in [0, 0.1) is 11.3 Å². The highest BCUT2D eigenvalue weighted by Crippen LogP contribution is 2.59. The summed E-state index contributed by atoms with van der Waals surface area (Å²) in [7, 11) is 0. The quantitative estimate of drug-likeness (QED) is 0.602. The van der Waals surface area contributed by atoms with Gasteiger partial charge in [0.2, 0.25) is 0 Å². The molecule has 0 aromatic heterocycles. The maximum atomic E-state index is 9.46. The number of hydrogen-bond donors (Lipinski definition) is 1. The monoisotopic (exact) mass is 170 g/mol. The molecule has 0 amide bonds. The van der Waals surface area contributed by atoms with Crippen molar-refractivity contribution >= 4 is 0 Å². The van der Waals surface area contributed by atoms with Crippen molar-refractivity contribution in [3.8, 4) is 0 Å². The Labute approximate surface area is 73.9 Å². The molecule has 0 bridgehead atoms. The molecular weight excluding hydrogens is 152 g/mol. The lowest BCUT2D eigenvalue weighted by Crippen LogP contribution is -2.37. The minimum absolute atomic E-state index is 0.0637. The zero-order valence-corrected chi connectivity index (χ0v) is 8.13. The van der Waals surface area contributed by atoms with E-state index < -0.39 is 6.29 Å². The van der Waals surface area contributed by atoms with E-state index in [1.54, 1.807) is 0 Å². The lowest BCUT2D eigenvalue weighted by atomic mass is 9.72. The standard InChI is InChI=1S/C10H18O2/c1-7-4-5-10(3)9(7,2)6-8(11)12-10/h7-8,11H,4-6H2,1-3H3/t7?,8?,9-,10+/m1/s1. The fourth-order valence-corrected chi connectivity index (χ4v) is 2.93. The van der Waals surface area contributed by atoms with E-state index in [2.05, 4.69) is 20.8 Å². The highest BCUT2D eigenvalue weighted by molar-refractivity contribution is 5.07. The Hall–Kier alpha value is -0.0800. The molecule has 2 heteroatoms. The second-order valence-electron chi connectivity index (χ2n) is 4.86. The molecule has 1 N–H and O–H groups in total. The molecule has 1 heterocycles. The van der Waals surface area contributed by atoms with Gasteiger partial charge in [-0.2, -0.15) is 0 Å². The molecule has 1 saturated carbocycles. The van der Waals surface area contributed by atoms with Gasteiger partial charge in [-0.3, -0.25) is 0 Å². The van der Waals surface area contributed by atoms with Gasteiger partial charge in [0.1, 0.15) is 0 Å². The van der Waals surface area contributed by atoms with Crippen LogP contribution in [0.5, 0.6) is 0 Å². The van der Waals surface area contributed by atoms with Gasteiger partial charge in [0.25, 0.3) is 0 Å². The summed E-state index contributed by atoms with van der Waals surface area (Å²) in [4.78, 5) is 0. The fourth-order valence-electron chi connectivity index (χ4n) is 2.93. The topological polar surface area (TPSA) is 29.5 Å². The van der Waals surface area contributed by atoms with Crippen LogP contribution in [-0.4, -0.2) is 17.0 Å². The first-order chi connectivity index (χ1) is 5.48. The molecule has 0 radical (unpaired) electrons. The van der Waals surface area contributed by atoms with Crippen LogP contribution in [0.25, 0.3) is 0 Å². The van der Waals surface area contributed by atoms with E-state index in [-0.39, 0.29) is 11.0 Å². The summed E-state index contributed by atoms with van der Waals surface area (Å²) in [5.74, 6) is 0.680. The summed E-state index contributed by atoms with van der Waals surface area (Å²) >= 11 is 0. The predicted molar refractivity (Wildman–Crippen MR) is 46.6 cm³/mol. The summed E-state index contributed by atoms with van der Waals surface area (Å²) in [6.45, 7) is 6.67. The van der Waals surface area contributed by atoms with E-state index in [4.69, 9.17) is 4.74 Å². The first-order valence-corrected chi connectivity index (χ1v) is 4.84. The molecule has 4 atom stereocenters. The molecule has 2 fully saturated rings. The van der Waals surface area contributed by atoms with E-state index in [1.165, 1.54) is 6.42 Å². The summed E-state index contributed by atoms with van der Waals surface area (Å²) in [5.41, 5.74) is 0.137. The maximum Gasteiger partial charge on any atom is 0.155 e. The molecule has 12 heavy (non-hydrogen) atoms. The van der Waals surface area contributed by atoms with Gasteiger partial charge in [-0.05, 0) is 25.7 Å². The van der Waals surface area contributed by atoms with Crippen LogP contribution in [0.4, 0.5) is 0 Å². The first-order valence-electron chi connectivity index (χ1n) is 4.84. The number of hydrogen-bond acceptors (Lipinski definition) is 2. The van der Waals surface area contributed by atoms with E-state index >= 15 is 0 Å². The number of fused-ring (bicyclic) bond motifs is 1. The Kier molecular flexibility index (Phi) is 1.59. The molecule has 0 aromatic rings. The van der Waals surface area contributed by atoms with Gasteiger partial charge in [-0.1, -0.05) is 13.8 Å². The predicted octanol–water partition coefficient (Wildman–Crippen LogP) is 1.92. The fraction of sp³-hybridized carbons (Fsp3) is 1.00. The van der Waals surface area contributed by atoms with Crippen LogP contribution in [0.15, 0.2) is 0 Å². The summed E-state index contributed by atoms with van der Waals surface area (Å²) in [6, 6.07) is 0. The Balaban J connectivity index is 2.32. The number of ether oxygens (including phenoxy) is 1. The van der Waals surface area contributed by atoms with Crippen LogP contribution in [0.2, 0.25) is 0 Å². The average molecular weight is 170 g/mol. The Morgan fingerprint density at radius 2 is 2.08 bits per heavy atom. The van der Waals surface area contributed by atoms with Crippen LogP contribution in [0.1, 0.15) is 40.0 Å². The SMILES string of the molecule is CC1CC[C@]2(C)OC(O)C[C@]12C. The highest BCUT2D eigenvalue weighted by Gasteiger charge is 2.59. The van der Waals surface area contributed by atoms with Crippen molar-refractivity contribution < 1.29 is 9.84 Å². The van der Waals surface area contributed by atoms with Gasteiger partial charge in [0.15, 0.2) is 6.29 Å². The largest absolute Gasteiger partial charge is 0.368 e. The second-order valence-corrected chi connectivity index (χ2v) is 4.86. The molecule has 2 unspecified atom stereocenters. The summed E-state index contributed by atoms with van der Waals surface area (Å²) < 4.78 is 5.60. The first kappa shape index (κ1) is 8.52. The minimum atomic E-state index is -0.525. The van der Waals surface area contributed by atoms with Gasteiger partial charge >= 0.3 is 0 Å². The summed E-state index contributed by atoms with van der Waals surface area (Å²) in [5, 5.41) is 9.46. The molecule has 1 saturated heterocycles. The molecule has 2 aliphatic rings. The number of aliphatic hydroxyl groups is 1. The van der Waals surface area contributed by atoms with Crippen molar-refractivity contribution in [2.75, 3.05) is 0 Å². The van der Waals surface area contributed by atoms with Crippen molar-refractivity contribution in [3.05, 3.63) is 0 Å². The van der Waals surface area contributed by atoms with Gasteiger partial charge in [0.05, 0.1) is 5.60 Å². The third-order valence-corrected chi connectivity index (χ3v) is 4.34. The van der Waals surface area contributed by atoms with E-state index in [0.717, 1.165) is 12.8 Å². The number of aliphatic hydroxyl groups excluding tert-OH is 1. The van der Waals surface area contributed by atoms with E-state index in [1.807, 2.05) is 0 Å².